The molecule has 2 aromatic rings. The second kappa shape index (κ2) is 10.3. The van der Waals surface area contributed by atoms with Crippen LogP contribution in [0.25, 0.3) is 0 Å². The molecular formula is C21H26N2O2. The fraction of sp³-hybridized carbons (Fsp3) is 0.333. The molecule has 25 heavy (non-hydrogen) atoms. The molecule has 2 rings (SSSR count). The molecule has 0 fully saturated rings. The summed E-state index contributed by atoms with van der Waals surface area (Å²) in [5.74, 6) is -0.291. The summed E-state index contributed by atoms with van der Waals surface area (Å²) in [6.07, 6.45) is 5.82. The minimum Gasteiger partial charge on any atom is -0.352 e. The number of benzene rings is 2. The maximum Gasteiger partial charge on any atom is 0.255 e. The van der Waals surface area contributed by atoms with Crippen molar-refractivity contribution in [2.75, 3.05) is 11.9 Å². The van der Waals surface area contributed by atoms with Crippen LogP contribution in [0.2, 0.25) is 0 Å². The van der Waals surface area contributed by atoms with Crippen molar-refractivity contribution in [3.8, 4) is 0 Å². The summed E-state index contributed by atoms with van der Waals surface area (Å²) in [4.78, 5) is 24.4. The van der Waals surface area contributed by atoms with Crippen molar-refractivity contribution in [3.05, 3.63) is 65.7 Å². The van der Waals surface area contributed by atoms with Gasteiger partial charge in [-0.1, -0.05) is 56.9 Å². The molecule has 132 valence electrons. The van der Waals surface area contributed by atoms with Crippen molar-refractivity contribution in [1.82, 2.24) is 5.32 Å². The summed E-state index contributed by atoms with van der Waals surface area (Å²) in [6.45, 7) is 2.87. The van der Waals surface area contributed by atoms with Crippen LogP contribution in [0.3, 0.4) is 0 Å². The Balaban J connectivity index is 1.85. The van der Waals surface area contributed by atoms with Gasteiger partial charge in [0.25, 0.3) is 11.8 Å². The van der Waals surface area contributed by atoms with Gasteiger partial charge >= 0.3 is 0 Å². The van der Waals surface area contributed by atoms with Crippen LogP contribution < -0.4 is 10.6 Å². The zero-order valence-electron chi connectivity index (χ0n) is 14.8. The Morgan fingerprint density at radius 3 is 2.28 bits per heavy atom. The molecule has 0 saturated heterocycles. The molecule has 0 aliphatic carbocycles. The van der Waals surface area contributed by atoms with E-state index in [-0.39, 0.29) is 11.8 Å². The Hall–Kier alpha value is -2.62. The topological polar surface area (TPSA) is 58.2 Å². The number of anilines is 1. The molecule has 0 spiro atoms. The van der Waals surface area contributed by atoms with Gasteiger partial charge in [0.1, 0.15) is 0 Å². The third-order valence-corrected chi connectivity index (χ3v) is 3.98. The lowest BCUT2D eigenvalue weighted by molar-refractivity contribution is 0.0951. The molecule has 0 radical (unpaired) electrons. The van der Waals surface area contributed by atoms with Crippen LogP contribution in [-0.2, 0) is 0 Å². The Morgan fingerprint density at radius 1 is 0.800 bits per heavy atom. The van der Waals surface area contributed by atoms with Crippen LogP contribution >= 0.6 is 0 Å². The summed E-state index contributed by atoms with van der Waals surface area (Å²) in [5.41, 5.74) is 1.76. The Kier molecular flexibility index (Phi) is 7.70. The molecule has 0 bridgehead atoms. The Labute approximate surface area is 149 Å². The Morgan fingerprint density at radius 2 is 1.52 bits per heavy atom. The molecule has 0 saturated carbocycles. The zero-order valence-corrected chi connectivity index (χ0v) is 14.8. The highest BCUT2D eigenvalue weighted by molar-refractivity contribution is 6.05. The minimum atomic E-state index is -0.186. The van der Waals surface area contributed by atoms with E-state index in [9.17, 15) is 9.59 Å². The fourth-order valence-electron chi connectivity index (χ4n) is 2.56. The van der Waals surface area contributed by atoms with E-state index in [0.29, 0.717) is 23.4 Å². The second-order valence-corrected chi connectivity index (χ2v) is 6.07. The van der Waals surface area contributed by atoms with E-state index < -0.39 is 0 Å². The van der Waals surface area contributed by atoms with Gasteiger partial charge in [-0.2, -0.15) is 0 Å². The Bertz CT molecular complexity index is 683. The standard InChI is InChI=1S/C21H26N2O2/c1-2-3-4-5-9-15-22-20(24)18-13-10-14-19(16-18)23-21(25)17-11-7-6-8-12-17/h6-8,10-14,16H,2-5,9,15H2,1H3,(H,22,24)(H,23,25). The molecule has 0 atom stereocenters. The molecule has 0 aliphatic heterocycles. The number of amides is 2. The maximum absolute atomic E-state index is 12.2. The summed E-state index contributed by atoms with van der Waals surface area (Å²) in [7, 11) is 0. The highest BCUT2D eigenvalue weighted by Gasteiger charge is 2.08. The van der Waals surface area contributed by atoms with Crippen molar-refractivity contribution in [1.29, 1.82) is 0 Å². The number of carbonyl (C=O) groups is 2. The molecule has 4 heteroatoms. The molecule has 0 unspecified atom stereocenters. The van der Waals surface area contributed by atoms with Gasteiger partial charge in [-0.3, -0.25) is 9.59 Å². The molecule has 2 aromatic carbocycles. The van der Waals surface area contributed by atoms with Gasteiger partial charge < -0.3 is 10.6 Å². The van der Waals surface area contributed by atoms with E-state index in [2.05, 4.69) is 17.6 Å². The zero-order chi connectivity index (χ0) is 17.9. The summed E-state index contributed by atoms with van der Waals surface area (Å²) < 4.78 is 0. The van der Waals surface area contributed by atoms with Crippen LogP contribution in [0.5, 0.6) is 0 Å². The van der Waals surface area contributed by atoms with E-state index in [1.165, 1.54) is 19.3 Å². The largest absolute Gasteiger partial charge is 0.352 e. The van der Waals surface area contributed by atoms with E-state index in [1.54, 1.807) is 36.4 Å². The average Bonchev–Trinajstić information content (AvgIpc) is 2.65. The van der Waals surface area contributed by atoms with Crippen molar-refractivity contribution in [2.45, 2.75) is 39.0 Å². The summed E-state index contributed by atoms with van der Waals surface area (Å²) in [6, 6.07) is 16.0. The van der Waals surface area contributed by atoms with Gasteiger partial charge in [0.05, 0.1) is 0 Å². The first kappa shape index (κ1) is 18.7. The fourth-order valence-corrected chi connectivity index (χ4v) is 2.56. The number of hydrogen-bond donors (Lipinski definition) is 2. The first-order valence-corrected chi connectivity index (χ1v) is 8.95. The minimum absolute atomic E-state index is 0.105. The van der Waals surface area contributed by atoms with Crippen molar-refractivity contribution >= 4 is 17.5 Å². The molecule has 0 heterocycles. The second-order valence-electron chi connectivity index (χ2n) is 6.07. The molecule has 0 aliphatic rings. The smallest absolute Gasteiger partial charge is 0.255 e. The predicted molar refractivity (Wildman–Crippen MR) is 102 cm³/mol. The number of nitrogens with one attached hydrogen (secondary N) is 2. The van der Waals surface area contributed by atoms with Crippen molar-refractivity contribution < 1.29 is 9.59 Å². The molecule has 0 aromatic heterocycles. The number of carbonyl (C=O) groups excluding carboxylic acids is 2. The van der Waals surface area contributed by atoms with E-state index >= 15 is 0 Å². The van der Waals surface area contributed by atoms with E-state index in [4.69, 9.17) is 0 Å². The normalized spacial score (nSPS) is 10.3. The molecule has 4 nitrogen and oxygen atoms in total. The SMILES string of the molecule is CCCCCCCNC(=O)c1cccc(NC(=O)c2ccccc2)c1. The van der Waals surface area contributed by atoms with Gasteiger partial charge in [0.15, 0.2) is 0 Å². The highest BCUT2D eigenvalue weighted by atomic mass is 16.2. The molecule has 2 N–H and O–H groups in total. The number of unbranched alkanes of at least 4 members (excludes halogenated alkanes) is 4. The van der Waals surface area contributed by atoms with Crippen LogP contribution in [-0.4, -0.2) is 18.4 Å². The molecule has 2 amide bonds. The molecular weight excluding hydrogens is 312 g/mol. The predicted octanol–water partition coefficient (Wildman–Crippen LogP) is 4.64. The lowest BCUT2D eigenvalue weighted by Crippen LogP contribution is -2.24. The maximum atomic E-state index is 12.2. The lowest BCUT2D eigenvalue weighted by atomic mass is 10.1. The van der Waals surface area contributed by atoms with Crippen molar-refractivity contribution in [3.63, 3.8) is 0 Å². The van der Waals surface area contributed by atoms with Gasteiger partial charge in [-0.15, -0.1) is 0 Å². The lowest BCUT2D eigenvalue weighted by Gasteiger charge is -2.08. The van der Waals surface area contributed by atoms with Crippen molar-refractivity contribution in [2.24, 2.45) is 0 Å². The van der Waals surface area contributed by atoms with Crippen LogP contribution in [0.15, 0.2) is 54.6 Å². The van der Waals surface area contributed by atoms with Crippen LogP contribution in [0.4, 0.5) is 5.69 Å². The third kappa shape index (κ3) is 6.42. The van der Waals surface area contributed by atoms with Crippen LogP contribution in [0.1, 0.15) is 59.7 Å². The number of hydrogen-bond acceptors (Lipinski definition) is 2. The monoisotopic (exact) mass is 338 g/mol. The van der Waals surface area contributed by atoms with E-state index in [0.717, 1.165) is 12.8 Å². The highest BCUT2D eigenvalue weighted by Crippen LogP contribution is 2.12. The summed E-state index contributed by atoms with van der Waals surface area (Å²) in [5, 5.41) is 5.76. The summed E-state index contributed by atoms with van der Waals surface area (Å²) >= 11 is 0. The van der Waals surface area contributed by atoms with Gasteiger partial charge in [0.2, 0.25) is 0 Å². The average molecular weight is 338 g/mol. The number of rotatable bonds is 9. The van der Waals surface area contributed by atoms with E-state index in [1.807, 2.05) is 18.2 Å². The van der Waals surface area contributed by atoms with Gasteiger partial charge in [0, 0.05) is 23.4 Å². The van der Waals surface area contributed by atoms with Gasteiger partial charge in [-0.05, 0) is 36.8 Å². The van der Waals surface area contributed by atoms with Crippen LogP contribution in [0, 0.1) is 0 Å². The van der Waals surface area contributed by atoms with Gasteiger partial charge in [-0.25, -0.2) is 0 Å². The first-order chi connectivity index (χ1) is 12.2. The quantitative estimate of drug-likeness (QED) is 0.654. The first-order valence-electron chi connectivity index (χ1n) is 8.95. The third-order valence-electron chi connectivity index (χ3n) is 3.98.